The van der Waals surface area contributed by atoms with E-state index in [0.717, 1.165) is 18.6 Å². The van der Waals surface area contributed by atoms with Crippen molar-refractivity contribution >= 4 is 0 Å². The Morgan fingerprint density at radius 3 is 2.56 bits per heavy atom. The Hall–Kier alpha value is -1.80. The first kappa shape index (κ1) is 16.7. The minimum absolute atomic E-state index is 0.146. The lowest BCUT2D eigenvalue weighted by atomic mass is 9.74. The molecule has 0 bridgehead atoms. The molecule has 2 heteroatoms. The first-order chi connectivity index (χ1) is 12.1. The van der Waals surface area contributed by atoms with Crippen molar-refractivity contribution in [1.82, 2.24) is 0 Å². The minimum Gasteiger partial charge on any atom is -0.486 e. The summed E-state index contributed by atoms with van der Waals surface area (Å²) in [5, 5.41) is 0. The van der Waals surface area contributed by atoms with Crippen molar-refractivity contribution in [3.63, 3.8) is 0 Å². The van der Waals surface area contributed by atoms with Gasteiger partial charge in [-0.3, -0.25) is 0 Å². The van der Waals surface area contributed by atoms with E-state index < -0.39 is 0 Å². The van der Waals surface area contributed by atoms with E-state index in [4.69, 9.17) is 9.47 Å². The highest BCUT2D eigenvalue weighted by molar-refractivity contribution is 5.73. The van der Waals surface area contributed by atoms with E-state index in [-0.39, 0.29) is 11.7 Å². The van der Waals surface area contributed by atoms with Crippen LogP contribution in [-0.2, 0) is 4.74 Å². The van der Waals surface area contributed by atoms with E-state index in [2.05, 4.69) is 69.3 Å². The molecule has 1 saturated heterocycles. The maximum atomic E-state index is 6.60. The van der Waals surface area contributed by atoms with Crippen LogP contribution in [0.4, 0.5) is 0 Å². The largest absolute Gasteiger partial charge is 0.486 e. The molecule has 2 nitrogen and oxygen atoms in total. The standard InChI is InChI=1S/C23H28O2/c1-4-9-17-14-15-20-22(24-17)19-13-8-12-18(16-10-6-5-7-11-16)21(19)25-23(20,2)3/h5-8,10-13,17,20,22H,4,9,14-15H2,1-3H3/t17-,20-,22+/m1/s1. The monoisotopic (exact) mass is 336 g/mol. The summed E-state index contributed by atoms with van der Waals surface area (Å²) < 4.78 is 13.2. The fourth-order valence-electron chi connectivity index (χ4n) is 4.50. The second-order valence-electron chi connectivity index (χ2n) is 7.95. The Balaban J connectivity index is 1.79. The van der Waals surface area contributed by atoms with Crippen molar-refractivity contribution in [3.8, 4) is 16.9 Å². The molecule has 2 aromatic carbocycles. The summed E-state index contributed by atoms with van der Waals surface area (Å²) in [6.45, 7) is 6.68. The number of rotatable bonds is 3. The van der Waals surface area contributed by atoms with Gasteiger partial charge < -0.3 is 9.47 Å². The van der Waals surface area contributed by atoms with E-state index in [1.165, 1.54) is 29.5 Å². The molecule has 0 aromatic heterocycles. The molecule has 0 spiro atoms. The fraction of sp³-hybridized carbons (Fsp3) is 0.478. The second-order valence-corrected chi connectivity index (χ2v) is 7.95. The molecule has 2 aliphatic heterocycles. The van der Waals surface area contributed by atoms with E-state index in [1.54, 1.807) is 0 Å². The number of benzene rings is 2. The van der Waals surface area contributed by atoms with Gasteiger partial charge in [-0.15, -0.1) is 0 Å². The quantitative estimate of drug-likeness (QED) is 0.668. The highest BCUT2D eigenvalue weighted by Crippen LogP contribution is 2.53. The van der Waals surface area contributed by atoms with Crippen molar-refractivity contribution in [1.29, 1.82) is 0 Å². The van der Waals surface area contributed by atoms with Gasteiger partial charge in [-0.05, 0) is 38.7 Å². The fourth-order valence-corrected chi connectivity index (χ4v) is 4.50. The Labute approximate surface area is 151 Å². The average Bonchev–Trinajstić information content (AvgIpc) is 2.62. The lowest BCUT2D eigenvalue weighted by molar-refractivity contribution is -0.150. The lowest BCUT2D eigenvalue weighted by Crippen LogP contribution is -2.48. The van der Waals surface area contributed by atoms with Gasteiger partial charge in [-0.1, -0.05) is 61.9 Å². The summed E-state index contributed by atoms with van der Waals surface area (Å²) in [5.74, 6) is 1.43. The number of ether oxygens (including phenoxy) is 2. The molecule has 4 rings (SSSR count). The predicted octanol–water partition coefficient (Wildman–Crippen LogP) is 6.16. The number of hydrogen-bond donors (Lipinski definition) is 0. The average molecular weight is 336 g/mol. The third-order valence-corrected chi connectivity index (χ3v) is 5.81. The van der Waals surface area contributed by atoms with Gasteiger partial charge in [0.2, 0.25) is 0 Å². The van der Waals surface area contributed by atoms with Crippen LogP contribution in [0.2, 0.25) is 0 Å². The van der Waals surface area contributed by atoms with Gasteiger partial charge >= 0.3 is 0 Å². The maximum absolute atomic E-state index is 6.60. The minimum atomic E-state index is -0.209. The van der Waals surface area contributed by atoms with E-state index >= 15 is 0 Å². The highest BCUT2D eigenvalue weighted by Gasteiger charge is 2.47. The van der Waals surface area contributed by atoms with Gasteiger partial charge in [0.25, 0.3) is 0 Å². The van der Waals surface area contributed by atoms with Crippen LogP contribution in [0.3, 0.4) is 0 Å². The van der Waals surface area contributed by atoms with Crippen molar-refractivity contribution in [2.24, 2.45) is 5.92 Å². The van der Waals surface area contributed by atoms with Gasteiger partial charge in [0.15, 0.2) is 0 Å². The van der Waals surface area contributed by atoms with Crippen LogP contribution in [0.1, 0.15) is 58.1 Å². The number of para-hydroxylation sites is 1. The van der Waals surface area contributed by atoms with E-state index in [0.29, 0.717) is 12.0 Å². The summed E-state index contributed by atoms with van der Waals surface area (Å²) in [4.78, 5) is 0. The summed E-state index contributed by atoms with van der Waals surface area (Å²) >= 11 is 0. The molecular formula is C23H28O2. The van der Waals surface area contributed by atoms with Crippen LogP contribution in [0.5, 0.6) is 5.75 Å². The topological polar surface area (TPSA) is 18.5 Å². The predicted molar refractivity (Wildman–Crippen MR) is 102 cm³/mol. The van der Waals surface area contributed by atoms with Crippen LogP contribution in [0, 0.1) is 5.92 Å². The molecule has 2 aliphatic rings. The third-order valence-electron chi connectivity index (χ3n) is 5.81. The molecule has 0 unspecified atom stereocenters. The van der Waals surface area contributed by atoms with Gasteiger partial charge in [-0.2, -0.15) is 0 Å². The summed E-state index contributed by atoms with van der Waals surface area (Å²) in [6.07, 6.45) is 5.19. The molecule has 0 radical (unpaired) electrons. The summed E-state index contributed by atoms with van der Waals surface area (Å²) in [5.41, 5.74) is 3.39. The van der Waals surface area contributed by atoms with Crippen LogP contribution < -0.4 is 4.74 Å². The lowest BCUT2D eigenvalue weighted by Gasteiger charge is -2.49. The summed E-state index contributed by atoms with van der Waals surface area (Å²) in [7, 11) is 0. The molecule has 25 heavy (non-hydrogen) atoms. The Bertz CT molecular complexity index is 735. The number of hydrogen-bond acceptors (Lipinski definition) is 2. The van der Waals surface area contributed by atoms with Crippen LogP contribution in [-0.4, -0.2) is 11.7 Å². The van der Waals surface area contributed by atoms with Crippen molar-refractivity contribution in [2.75, 3.05) is 0 Å². The van der Waals surface area contributed by atoms with Crippen molar-refractivity contribution < 1.29 is 9.47 Å². The Morgan fingerprint density at radius 1 is 1.00 bits per heavy atom. The van der Waals surface area contributed by atoms with Gasteiger partial charge in [0.1, 0.15) is 11.4 Å². The van der Waals surface area contributed by atoms with Crippen LogP contribution in [0.25, 0.3) is 11.1 Å². The molecule has 0 aliphatic carbocycles. The molecule has 132 valence electrons. The van der Waals surface area contributed by atoms with E-state index in [1.807, 2.05) is 0 Å². The first-order valence-corrected chi connectivity index (χ1v) is 9.63. The molecule has 2 aromatic rings. The highest BCUT2D eigenvalue weighted by atomic mass is 16.5. The van der Waals surface area contributed by atoms with Crippen molar-refractivity contribution in [2.45, 2.75) is 64.3 Å². The third kappa shape index (κ3) is 2.97. The molecule has 0 saturated carbocycles. The second kappa shape index (κ2) is 6.49. The molecule has 0 N–H and O–H groups in total. The maximum Gasteiger partial charge on any atom is 0.133 e. The molecule has 3 atom stereocenters. The molecule has 1 fully saturated rings. The summed E-state index contributed by atoms with van der Waals surface area (Å²) in [6, 6.07) is 17.0. The zero-order chi connectivity index (χ0) is 17.4. The number of fused-ring (bicyclic) bond motifs is 3. The van der Waals surface area contributed by atoms with E-state index in [9.17, 15) is 0 Å². The molecular weight excluding hydrogens is 308 g/mol. The Kier molecular flexibility index (Phi) is 4.33. The Morgan fingerprint density at radius 2 is 1.80 bits per heavy atom. The first-order valence-electron chi connectivity index (χ1n) is 9.63. The van der Waals surface area contributed by atoms with Crippen molar-refractivity contribution in [3.05, 3.63) is 54.1 Å². The normalized spacial score (nSPS) is 27.1. The smallest absolute Gasteiger partial charge is 0.133 e. The van der Waals surface area contributed by atoms with Gasteiger partial charge in [0, 0.05) is 17.0 Å². The van der Waals surface area contributed by atoms with Gasteiger partial charge in [-0.25, -0.2) is 0 Å². The van der Waals surface area contributed by atoms with Gasteiger partial charge in [0.05, 0.1) is 12.2 Å². The molecule has 0 amide bonds. The SMILES string of the molecule is CCC[C@@H]1CC[C@@H]2[C@@H](O1)c1cccc(-c3ccccc3)c1OC2(C)C. The van der Waals surface area contributed by atoms with Crippen LogP contribution in [0.15, 0.2) is 48.5 Å². The molecule has 2 heterocycles. The zero-order valence-electron chi connectivity index (χ0n) is 15.5. The van der Waals surface area contributed by atoms with Crippen LogP contribution >= 0.6 is 0 Å². The zero-order valence-corrected chi connectivity index (χ0v) is 15.5.